The summed E-state index contributed by atoms with van der Waals surface area (Å²) in [7, 11) is 0. The summed E-state index contributed by atoms with van der Waals surface area (Å²) in [5.74, 6) is 0.204. The van der Waals surface area contributed by atoms with E-state index in [2.05, 4.69) is 32.0 Å². The number of hydrogen-bond donors (Lipinski definition) is 1. The summed E-state index contributed by atoms with van der Waals surface area (Å²) in [4.78, 5) is 11.1. The van der Waals surface area contributed by atoms with Gasteiger partial charge in [-0.1, -0.05) is 43.2 Å². The SMILES string of the molecule is Cc1cc(C)cc(CSC(C(=O)O)C(C)C)c1. The van der Waals surface area contributed by atoms with Crippen LogP contribution in [0.25, 0.3) is 0 Å². The van der Waals surface area contributed by atoms with E-state index in [0.717, 1.165) is 5.75 Å². The van der Waals surface area contributed by atoms with Crippen LogP contribution in [0.4, 0.5) is 0 Å². The second-order valence-electron chi connectivity index (χ2n) is 4.81. The van der Waals surface area contributed by atoms with Crippen molar-refractivity contribution in [2.24, 2.45) is 5.92 Å². The summed E-state index contributed by atoms with van der Waals surface area (Å²) in [5, 5.41) is 8.79. The van der Waals surface area contributed by atoms with Crippen LogP contribution in [0.1, 0.15) is 30.5 Å². The molecule has 1 atom stereocenters. The third-order valence-corrected chi connectivity index (χ3v) is 4.17. The van der Waals surface area contributed by atoms with Crippen molar-refractivity contribution in [2.75, 3.05) is 0 Å². The lowest BCUT2D eigenvalue weighted by Crippen LogP contribution is -2.22. The van der Waals surface area contributed by atoms with Crippen LogP contribution in [0.2, 0.25) is 0 Å². The number of hydrogen-bond acceptors (Lipinski definition) is 2. The summed E-state index contributed by atoms with van der Waals surface area (Å²) < 4.78 is 0. The maximum Gasteiger partial charge on any atom is 0.316 e. The smallest absolute Gasteiger partial charge is 0.316 e. The van der Waals surface area contributed by atoms with Gasteiger partial charge in [-0.05, 0) is 25.3 Å². The molecule has 1 unspecified atom stereocenters. The molecule has 1 aromatic rings. The Bertz CT molecular complexity index is 379. The van der Waals surface area contributed by atoms with Crippen LogP contribution in [0, 0.1) is 19.8 Å². The first-order valence-electron chi connectivity index (χ1n) is 5.81. The number of carbonyl (C=O) groups is 1. The molecular weight excluding hydrogens is 232 g/mol. The minimum atomic E-state index is -0.714. The molecule has 0 saturated carbocycles. The van der Waals surface area contributed by atoms with E-state index in [1.807, 2.05) is 13.8 Å². The van der Waals surface area contributed by atoms with Gasteiger partial charge in [0.2, 0.25) is 0 Å². The first kappa shape index (κ1) is 14.1. The van der Waals surface area contributed by atoms with Gasteiger partial charge >= 0.3 is 5.97 Å². The van der Waals surface area contributed by atoms with Gasteiger partial charge in [-0.15, -0.1) is 11.8 Å². The van der Waals surface area contributed by atoms with Gasteiger partial charge in [0.25, 0.3) is 0 Å². The van der Waals surface area contributed by atoms with Crippen LogP contribution < -0.4 is 0 Å². The van der Waals surface area contributed by atoms with Gasteiger partial charge in [-0.25, -0.2) is 0 Å². The quantitative estimate of drug-likeness (QED) is 0.869. The molecule has 2 nitrogen and oxygen atoms in total. The van der Waals surface area contributed by atoms with E-state index in [9.17, 15) is 4.79 Å². The van der Waals surface area contributed by atoms with Gasteiger partial charge in [0, 0.05) is 5.75 Å². The maximum atomic E-state index is 11.1. The highest BCUT2D eigenvalue weighted by Gasteiger charge is 2.21. The molecule has 0 aliphatic carbocycles. The van der Waals surface area contributed by atoms with Gasteiger partial charge in [-0.3, -0.25) is 4.79 Å². The van der Waals surface area contributed by atoms with E-state index in [1.165, 1.54) is 28.5 Å². The van der Waals surface area contributed by atoms with Crippen molar-refractivity contribution < 1.29 is 9.90 Å². The highest BCUT2D eigenvalue weighted by molar-refractivity contribution is 7.99. The predicted octanol–water partition coefficient (Wildman–Crippen LogP) is 3.65. The molecule has 0 bridgehead atoms. The molecule has 0 aromatic heterocycles. The van der Waals surface area contributed by atoms with Gasteiger partial charge in [0.15, 0.2) is 0 Å². The number of thioether (sulfide) groups is 1. The largest absolute Gasteiger partial charge is 0.480 e. The molecule has 3 heteroatoms. The monoisotopic (exact) mass is 252 g/mol. The molecule has 1 aromatic carbocycles. The van der Waals surface area contributed by atoms with Gasteiger partial charge < -0.3 is 5.11 Å². The van der Waals surface area contributed by atoms with Crippen molar-refractivity contribution in [3.63, 3.8) is 0 Å². The third-order valence-electron chi connectivity index (χ3n) is 2.56. The molecule has 1 rings (SSSR count). The first-order valence-corrected chi connectivity index (χ1v) is 6.86. The maximum absolute atomic E-state index is 11.1. The standard InChI is InChI=1S/C14H20O2S/c1-9(2)13(14(15)16)17-8-12-6-10(3)5-11(4)7-12/h5-7,9,13H,8H2,1-4H3,(H,15,16). The number of carboxylic acid groups (broad SMARTS) is 1. The molecule has 1 N–H and O–H groups in total. The lowest BCUT2D eigenvalue weighted by molar-refractivity contribution is -0.137. The fourth-order valence-electron chi connectivity index (χ4n) is 1.89. The van der Waals surface area contributed by atoms with Gasteiger partial charge in [0.05, 0.1) is 0 Å². The highest BCUT2D eigenvalue weighted by atomic mass is 32.2. The number of aliphatic carboxylic acids is 1. The van der Waals surface area contributed by atoms with Crippen molar-refractivity contribution >= 4 is 17.7 Å². The second kappa shape index (κ2) is 6.10. The Balaban J connectivity index is 2.68. The zero-order valence-electron chi connectivity index (χ0n) is 10.9. The summed E-state index contributed by atoms with van der Waals surface area (Å²) in [6.07, 6.45) is 0. The second-order valence-corrected chi connectivity index (χ2v) is 5.94. The van der Waals surface area contributed by atoms with Gasteiger partial charge in [0.1, 0.15) is 5.25 Å². The summed E-state index contributed by atoms with van der Waals surface area (Å²) in [6.45, 7) is 8.04. The average Bonchev–Trinajstić information content (AvgIpc) is 2.14. The first-order chi connectivity index (χ1) is 7.90. The Labute approximate surface area is 107 Å². The van der Waals surface area contributed by atoms with Crippen molar-refractivity contribution in [2.45, 2.75) is 38.7 Å². The number of benzene rings is 1. The summed E-state index contributed by atoms with van der Waals surface area (Å²) in [6, 6.07) is 6.38. The highest BCUT2D eigenvalue weighted by Crippen LogP contribution is 2.24. The van der Waals surface area contributed by atoms with Crippen LogP contribution in [0.15, 0.2) is 18.2 Å². The number of aryl methyl sites for hydroxylation is 2. The van der Waals surface area contributed by atoms with E-state index in [1.54, 1.807) is 0 Å². The zero-order chi connectivity index (χ0) is 13.0. The summed E-state index contributed by atoms with van der Waals surface area (Å²) >= 11 is 1.51. The molecule has 0 heterocycles. The minimum Gasteiger partial charge on any atom is -0.480 e. The Hall–Kier alpha value is -0.960. The molecule has 0 amide bonds. The van der Waals surface area contributed by atoms with E-state index in [0.29, 0.717) is 0 Å². The van der Waals surface area contributed by atoms with E-state index in [4.69, 9.17) is 5.11 Å². The zero-order valence-corrected chi connectivity index (χ0v) is 11.7. The third kappa shape index (κ3) is 4.43. The topological polar surface area (TPSA) is 37.3 Å². The molecule has 0 aliphatic rings. The lowest BCUT2D eigenvalue weighted by atomic mass is 10.1. The molecule has 0 saturated heterocycles. The van der Waals surface area contributed by atoms with Crippen LogP contribution in [0.3, 0.4) is 0 Å². The number of rotatable bonds is 5. The lowest BCUT2D eigenvalue weighted by Gasteiger charge is -2.15. The Morgan fingerprint density at radius 3 is 2.18 bits per heavy atom. The Morgan fingerprint density at radius 2 is 1.76 bits per heavy atom. The van der Waals surface area contributed by atoms with Gasteiger partial charge in [-0.2, -0.15) is 0 Å². The van der Waals surface area contributed by atoms with E-state index < -0.39 is 5.97 Å². The van der Waals surface area contributed by atoms with E-state index in [-0.39, 0.29) is 11.2 Å². The van der Waals surface area contributed by atoms with Crippen LogP contribution in [-0.2, 0) is 10.5 Å². The van der Waals surface area contributed by atoms with Crippen molar-refractivity contribution in [3.8, 4) is 0 Å². The van der Waals surface area contributed by atoms with Crippen molar-refractivity contribution in [3.05, 3.63) is 34.9 Å². The molecule has 94 valence electrons. The van der Waals surface area contributed by atoms with Crippen LogP contribution in [0.5, 0.6) is 0 Å². The normalized spacial score (nSPS) is 12.8. The molecule has 17 heavy (non-hydrogen) atoms. The fourth-order valence-corrected chi connectivity index (χ4v) is 2.95. The molecule has 0 aliphatic heterocycles. The Morgan fingerprint density at radius 1 is 1.24 bits per heavy atom. The van der Waals surface area contributed by atoms with Crippen molar-refractivity contribution in [1.29, 1.82) is 0 Å². The predicted molar refractivity (Wildman–Crippen MR) is 73.5 cm³/mol. The van der Waals surface area contributed by atoms with Crippen LogP contribution in [-0.4, -0.2) is 16.3 Å². The number of carboxylic acids is 1. The average molecular weight is 252 g/mol. The molecular formula is C14H20O2S. The van der Waals surface area contributed by atoms with Crippen LogP contribution >= 0.6 is 11.8 Å². The molecule has 0 radical (unpaired) electrons. The Kier molecular flexibility index (Phi) is 5.06. The molecule has 0 spiro atoms. The minimum absolute atomic E-state index is 0.156. The van der Waals surface area contributed by atoms with E-state index >= 15 is 0 Å². The van der Waals surface area contributed by atoms with Crippen molar-refractivity contribution in [1.82, 2.24) is 0 Å². The fraction of sp³-hybridized carbons (Fsp3) is 0.500. The molecule has 0 fully saturated rings. The summed E-state index contributed by atoms with van der Waals surface area (Å²) in [5.41, 5.74) is 3.67.